The van der Waals surface area contributed by atoms with Crippen molar-refractivity contribution in [2.75, 3.05) is 14.1 Å². The van der Waals surface area contributed by atoms with Crippen molar-refractivity contribution >= 4 is 23.0 Å². The normalized spacial score (nSPS) is 11.2. The molecule has 3 nitrogen and oxygen atoms in total. The number of aromatic nitrogens is 1. The molecule has 0 bridgehead atoms. The number of ketones is 1. The largest absolute Gasteiger partial charge is 0.383 e. The molecule has 1 aromatic carbocycles. The Bertz CT molecular complexity index is 619. The van der Waals surface area contributed by atoms with E-state index < -0.39 is 0 Å². The number of Topliss-reactive ketones (excluding diaryl/α,β-unsaturated/α-hetero) is 1. The molecule has 0 N–H and O–H groups in total. The highest BCUT2D eigenvalue weighted by Gasteiger charge is 2.14. The van der Waals surface area contributed by atoms with Crippen molar-refractivity contribution in [2.45, 2.75) is 0 Å². The average Bonchev–Trinajstić information content (AvgIpc) is 2.46. The van der Waals surface area contributed by atoms with Gasteiger partial charge in [0, 0.05) is 48.8 Å². The first kappa shape index (κ1) is 14.3. The molecule has 0 saturated heterocycles. The van der Waals surface area contributed by atoms with Crippen molar-refractivity contribution in [1.82, 2.24) is 9.88 Å². The Morgan fingerprint density at radius 2 is 1.65 bits per heavy atom. The van der Waals surface area contributed by atoms with Gasteiger partial charge >= 0.3 is 0 Å². The first-order valence-corrected chi connectivity index (χ1v) is 6.54. The third kappa shape index (κ3) is 3.45. The molecule has 0 amide bonds. The SMILES string of the molecule is CN(C)C=C(C(=O)c1ccncc1)c1ccc(Cl)cc1. The first-order chi connectivity index (χ1) is 9.58. The van der Waals surface area contributed by atoms with Gasteiger partial charge in [-0.05, 0) is 29.8 Å². The van der Waals surface area contributed by atoms with Crippen molar-refractivity contribution in [1.29, 1.82) is 0 Å². The Kier molecular flexibility index (Phi) is 4.53. The summed E-state index contributed by atoms with van der Waals surface area (Å²) in [6.45, 7) is 0. The molecule has 0 fully saturated rings. The van der Waals surface area contributed by atoms with Crippen LogP contribution in [-0.2, 0) is 0 Å². The lowest BCUT2D eigenvalue weighted by Gasteiger charge is -2.12. The van der Waals surface area contributed by atoms with E-state index in [1.807, 2.05) is 37.3 Å². The molecular formula is C16H15ClN2O. The Morgan fingerprint density at radius 3 is 2.20 bits per heavy atom. The van der Waals surface area contributed by atoms with Crippen LogP contribution in [0.3, 0.4) is 0 Å². The quantitative estimate of drug-likeness (QED) is 0.637. The summed E-state index contributed by atoms with van der Waals surface area (Å²) in [5.74, 6) is -0.0385. The number of pyridine rings is 1. The van der Waals surface area contributed by atoms with E-state index in [0.717, 1.165) is 5.56 Å². The summed E-state index contributed by atoms with van der Waals surface area (Å²) in [5, 5.41) is 0.648. The Balaban J connectivity index is 2.44. The van der Waals surface area contributed by atoms with Gasteiger partial charge in [0.25, 0.3) is 0 Å². The summed E-state index contributed by atoms with van der Waals surface area (Å²) in [7, 11) is 3.77. The van der Waals surface area contributed by atoms with Crippen molar-refractivity contribution in [2.24, 2.45) is 0 Å². The number of benzene rings is 1. The molecule has 0 aliphatic carbocycles. The summed E-state index contributed by atoms with van der Waals surface area (Å²) in [6, 6.07) is 10.7. The molecule has 0 spiro atoms. The van der Waals surface area contributed by atoms with Crippen LogP contribution in [0.15, 0.2) is 55.0 Å². The zero-order valence-electron chi connectivity index (χ0n) is 11.4. The van der Waals surface area contributed by atoms with Crippen LogP contribution in [0.2, 0.25) is 5.02 Å². The number of allylic oxidation sites excluding steroid dienone is 1. The smallest absolute Gasteiger partial charge is 0.195 e. The summed E-state index contributed by atoms with van der Waals surface area (Å²) < 4.78 is 0. The van der Waals surface area contributed by atoms with Crippen LogP contribution in [0.1, 0.15) is 15.9 Å². The molecule has 102 valence electrons. The van der Waals surface area contributed by atoms with Crippen molar-refractivity contribution in [3.8, 4) is 0 Å². The maximum absolute atomic E-state index is 12.6. The van der Waals surface area contributed by atoms with Crippen LogP contribution < -0.4 is 0 Å². The minimum absolute atomic E-state index is 0.0385. The minimum Gasteiger partial charge on any atom is -0.383 e. The number of rotatable bonds is 4. The van der Waals surface area contributed by atoms with E-state index in [4.69, 9.17) is 11.6 Å². The maximum atomic E-state index is 12.6. The number of carbonyl (C=O) groups excluding carboxylic acids is 1. The van der Waals surface area contributed by atoms with Crippen LogP contribution in [0, 0.1) is 0 Å². The van der Waals surface area contributed by atoms with Gasteiger partial charge in [0.2, 0.25) is 0 Å². The van der Waals surface area contributed by atoms with Gasteiger partial charge in [0.05, 0.1) is 0 Å². The Hall–Kier alpha value is -2.13. The lowest BCUT2D eigenvalue weighted by molar-refractivity contribution is 0.105. The van der Waals surface area contributed by atoms with E-state index in [1.165, 1.54) is 0 Å². The highest BCUT2D eigenvalue weighted by Crippen LogP contribution is 2.22. The van der Waals surface area contributed by atoms with Gasteiger partial charge in [0.15, 0.2) is 5.78 Å². The van der Waals surface area contributed by atoms with Crippen LogP contribution in [0.5, 0.6) is 0 Å². The van der Waals surface area contributed by atoms with Gasteiger partial charge in [-0.25, -0.2) is 0 Å². The molecule has 2 aromatic rings. The van der Waals surface area contributed by atoms with Crippen LogP contribution >= 0.6 is 11.6 Å². The molecular weight excluding hydrogens is 272 g/mol. The lowest BCUT2D eigenvalue weighted by Crippen LogP contribution is -2.09. The topological polar surface area (TPSA) is 33.2 Å². The third-order valence-electron chi connectivity index (χ3n) is 2.73. The highest BCUT2D eigenvalue weighted by molar-refractivity contribution is 6.31. The van der Waals surface area contributed by atoms with Crippen molar-refractivity contribution in [3.63, 3.8) is 0 Å². The summed E-state index contributed by atoms with van der Waals surface area (Å²) in [6.07, 6.45) is 5.04. The molecule has 0 saturated carbocycles. The molecule has 2 rings (SSSR count). The van der Waals surface area contributed by atoms with Crippen LogP contribution in [-0.4, -0.2) is 29.8 Å². The average molecular weight is 287 g/mol. The van der Waals surface area contributed by atoms with Crippen molar-refractivity contribution in [3.05, 3.63) is 71.1 Å². The molecule has 0 aliphatic heterocycles. The minimum atomic E-state index is -0.0385. The van der Waals surface area contributed by atoms with Crippen molar-refractivity contribution < 1.29 is 4.79 Å². The van der Waals surface area contributed by atoms with E-state index in [2.05, 4.69) is 4.98 Å². The standard InChI is InChI=1S/C16H15ClN2O/c1-19(2)11-15(12-3-5-14(17)6-4-12)16(20)13-7-9-18-10-8-13/h3-11H,1-2H3. The number of nitrogens with zero attached hydrogens (tertiary/aromatic N) is 2. The number of halogens is 1. The van der Waals surface area contributed by atoms with E-state index in [9.17, 15) is 4.79 Å². The van der Waals surface area contributed by atoms with E-state index in [-0.39, 0.29) is 5.78 Å². The van der Waals surface area contributed by atoms with Gasteiger partial charge < -0.3 is 4.90 Å². The van der Waals surface area contributed by atoms with E-state index >= 15 is 0 Å². The molecule has 0 radical (unpaired) electrons. The summed E-state index contributed by atoms with van der Waals surface area (Å²) in [5.41, 5.74) is 2.07. The monoisotopic (exact) mass is 286 g/mol. The van der Waals surface area contributed by atoms with Gasteiger partial charge in [-0.2, -0.15) is 0 Å². The van der Waals surface area contributed by atoms with E-state index in [0.29, 0.717) is 16.2 Å². The second-order valence-electron chi connectivity index (χ2n) is 4.58. The molecule has 1 heterocycles. The predicted molar refractivity (Wildman–Crippen MR) is 81.7 cm³/mol. The molecule has 20 heavy (non-hydrogen) atoms. The Labute approximate surface area is 123 Å². The second kappa shape index (κ2) is 6.35. The first-order valence-electron chi connectivity index (χ1n) is 6.17. The molecule has 4 heteroatoms. The lowest BCUT2D eigenvalue weighted by atomic mass is 9.98. The predicted octanol–water partition coefficient (Wildman–Crippen LogP) is 3.52. The summed E-state index contributed by atoms with van der Waals surface area (Å²) >= 11 is 5.90. The van der Waals surface area contributed by atoms with Crippen LogP contribution in [0.25, 0.3) is 5.57 Å². The zero-order valence-corrected chi connectivity index (χ0v) is 12.1. The number of hydrogen-bond acceptors (Lipinski definition) is 3. The summed E-state index contributed by atoms with van der Waals surface area (Å²) in [4.78, 5) is 18.4. The molecule has 1 aromatic heterocycles. The molecule has 0 aliphatic rings. The van der Waals surface area contributed by atoms with Gasteiger partial charge in [-0.15, -0.1) is 0 Å². The second-order valence-corrected chi connectivity index (χ2v) is 5.01. The van der Waals surface area contributed by atoms with Gasteiger partial charge in [0.1, 0.15) is 0 Å². The fraction of sp³-hybridized carbons (Fsp3) is 0.125. The fourth-order valence-electron chi connectivity index (χ4n) is 1.81. The Morgan fingerprint density at radius 1 is 1.05 bits per heavy atom. The zero-order chi connectivity index (χ0) is 14.5. The van der Waals surface area contributed by atoms with E-state index in [1.54, 1.807) is 36.7 Å². The molecule has 0 atom stereocenters. The fourth-order valence-corrected chi connectivity index (χ4v) is 1.94. The number of carbonyl (C=O) groups is 1. The third-order valence-corrected chi connectivity index (χ3v) is 2.98. The van der Waals surface area contributed by atoms with Crippen LogP contribution in [0.4, 0.5) is 0 Å². The molecule has 0 unspecified atom stereocenters. The van der Waals surface area contributed by atoms with Gasteiger partial charge in [-0.1, -0.05) is 23.7 Å². The van der Waals surface area contributed by atoms with Gasteiger partial charge in [-0.3, -0.25) is 9.78 Å². The number of hydrogen-bond donors (Lipinski definition) is 0. The maximum Gasteiger partial charge on any atom is 0.195 e. The highest BCUT2D eigenvalue weighted by atomic mass is 35.5.